The van der Waals surface area contributed by atoms with Crippen LogP contribution in [-0.2, 0) is 6.42 Å². The molecule has 98 valence electrons. The van der Waals surface area contributed by atoms with E-state index in [0.29, 0.717) is 28.3 Å². The zero-order chi connectivity index (χ0) is 13.4. The van der Waals surface area contributed by atoms with Gasteiger partial charge in [0.2, 0.25) is 0 Å². The van der Waals surface area contributed by atoms with Crippen LogP contribution in [0, 0.1) is 5.82 Å². The van der Waals surface area contributed by atoms with Crippen LogP contribution in [0.25, 0.3) is 11.1 Å². The third-order valence-electron chi connectivity index (χ3n) is 3.27. The highest BCUT2D eigenvalue weighted by atomic mass is 35.5. The summed E-state index contributed by atoms with van der Waals surface area (Å²) in [6, 6.07) is 10.2. The number of fused-ring (bicyclic) bond motifs is 1. The fraction of sp³-hybridized carbons (Fsp3) is 0.200. The summed E-state index contributed by atoms with van der Waals surface area (Å²) in [5, 5.41) is 9.66. The summed E-state index contributed by atoms with van der Waals surface area (Å²) in [6.45, 7) is -0.0851. The van der Waals surface area contributed by atoms with Crippen molar-refractivity contribution in [3.05, 3.63) is 52.8 Å². The molecule has 1 aliphatic rings. The lowest BCUT2D eigenvalue weighted by atomic mass is 10.00. The van der Waals surface area contributed by atoms with E-state index in [1.165, 1.54) is 6.07 Å². The predicted octanol–water partition coefficient (Wildman–Crippen LogP) is 3.44. The fourth-order valence-electron chi connectivity index (χ4n) is 2.37. The molecule has 1 atom stereocenters. The largest absolute Gasteiger partial charge is 0.487 e. The molecule has 0 bridgehead atoms. The first-order valence-electron chi connectivity index (χ1n) is 6.04. The molecule has 0 spiro atoms. The van der Waals surface area contributed by atoms with E-state index >= 15 is 0 Å². The maximum absolute atomic E-state index is 14.1. The number of halogens is 2. The molecule has 1 heterocycles. The van der Waals surface area contributed by atoms with E-state index in [4.69, 9.17) is 16.3 Å². The third-order valence-corrected chi connectivity index (χ3v) is 3.60. The average Bonchev–Trinajstić information content (AvgIpc) is 2.83. The van der Waals surface area contributed by atoms with Gasteiger partial charge in [0.25, 0.3) is 0 Å². The Balaban J connectivity index is 2.18. The summed E-state index contributed by atoms with van der Waals surface area (Å²) >= 11 is 6.13. The van der Waals surface area contributed by atoms with E-state index in [2.05, 4.69) is 0 Å². The molecule has 1 N–H and O–H groups in total. The van der Waals surface area contributed by atoms with Crippen LogP contribution >= 0.6 is 11.6 Å². The molecule has 0 aromatic heterocycles. The number of rotatable bonds is 2. The highest BCUT2D eigenvalue weighted by Gasteiger charge is 2.28. The smallest absolute Gasteiger partial charge is 0.134 e. The number of benzene rings is 2. The molecule has 0 saturated heterocycles. The second-order valence-corrected chi connectivity index (χ2v) is 4.92. The van der Waals surface area contributed by atoms with E-state index in [-0.39, 0.29) is 18.5 Å². The summed E-state index contributed by atoms with van der Waals surface area (Å²) in [5.41, 5.74) is 1.88. The van der Waals surface area contributed by atoms with Gasteiger partial charge in [-0.2, -0.15) is 0 Å². The molecule has 3 rings (SSSR count). The summed E-state index contributed by atoms with van der Waals surface area (Å²) < 4.78 is 19.8. The Morgan fingerprint density at radius 1 is 1.26 bits per heavy atom. The number of aliphatic hydroxyl groups is 1. The topological polar surface area (TPSA) is 29.5 Å². The van der Waals surface area contributed by atoms with Crippen LogP contribution in [0.4, 0.5) is 4.39 Å². The van der Waals surface area contributed by atoms with Gasteiger partial charge < -0.3 is 9.84 Å². The SMILES string of the molecule is OC[C@@H]1Cc2ccc(F)c(-c3ccccc3Cl)c2O1. The van der Waals surface area contributed by atoms with Crippen molar-refractivity contribution in [2.24, 2.45) is 0 Å². The fourth-order valence-corrected chi connectivity index (χ4v) is 2.60. The normalized spacial score (nSPS) is 17.1. The van der Waals surface area contributed by atoms with E-state index in [9.17, 15) is 9.50 Å². The summed E-state index contributed by atoms with van der Waals surface area (Å²) in [5.74, 6) is 0.123. The maximum atomic E-state index is 14.1. The van der Waals surface area contributed by atoms with E-state index in [1.54, 1.807) is 30.3 Å². The Kier molecular flexibility index (Phi) is 3.17. The van der Waals surface area contributed by atoms with Gasteiger partial charge >= 0.3 is 0 Å². The second-order valence-electron chi connectivity index (χ2n) is 4.52. The van der Waals surface area contributed by atoms with E-state index < -0.39 is 0 Å². The van der Waals surface area contributed by atoms with Gasteiger partial charge in [-0.25, -0.2) is 4.39 Å². The predicted molar refractivity (Wildman–Crippen MR) is 72.1 cm³/mol. The Hall–Kier alpha value is -1.58. The van der Waals surface area contributed by atoms with Crippen molar-refractivity contribution in [1.82, 2.24) is 0 Å². The van der Waals surface area contributed by atoms with Crippen molar-refractivity contribution >= 4 is 11.6 Å². The summed E-state index contributed by atoms with van der Waals surface area (Å²) in [7, 11) is 0. The third kappa shape index (κ3) is 2.09. The quantitative estimate of drug-likeness (QED) is 0.912. The molecular weight excluding hydrogens is 267 g/mol. The van der Waals surface area contributed by atoms with Gasteiger partial charge in [-0.1, -0.05) is 35.9 Å². The van der Waals surface area contributed by atoms with Gasteiger partial charge in [0, 0.05) is 17.0 Å². The van der Waals surface area contributed by atoms with Gasteiger partial charge in [-0.15, -0.1) is 0 Å². The lowest BCUT2D eigenvalue weighted by molar-refractivity contribution is 0.135. The molecule has 2 aromatic rings. The molecule has 0 amide bonds. The van der Waals surface area contributed by atoms with Crippen LogP contribution in [0.2, 0.25) is 5.02 Å². The molecule has 0 aliphatic carbocycles. The Morgan fingerprint density at radius 2 is 2.05 bits per heavy atom. The Morgan fingerprint density at radius 3 is 2.79 bits per heavy atom. The first kappa shape index (κ1) is 12.5. The van der Waals surface area contributed by atoms with Crippen LogP contribution in [0.1, 0.15) is 5.56 Å². The number of hydrogen-bond donors (Lipinski definition) is 1. The molecule has 19 heavy (non-hydrogen) atoms. The molecule has 0 saturated carbocycles. The van der Waals surface area contributed by atoms with Crippen molar-refractivity contribution in [2.45, 2.75) is 12.5 Å². The second kappa shape index (κ2) is 4.83. The van der Waals surface area contributed by atoms with Crippen molar-refractivity contribution in [2.75, 3.05) is 6.61 Å². The summed E-state index contributed by atoms with van der Waals surface area (Å²) in [4.78, 5) is 0. The average molecular weight is 279 g/mol. The molecule has 0 unspecified atom stereocenters. The first-order chi connectivity index (χ1) is 9.20. The molecule has 0 fully saturated rings. The molecule has 4 heteroatoms. The van der Waals surface area contributed by atoms with E-state index in [1.807, 2.05) is 0 Å². The van der Waals surface area contributed by atoms with Crippen LogP contribution in [0.15, 0.2) is 36.4 Å². The maximum Gasteiger partial charge on any atom is 0.134 e. The van der Waals surface area contributed by atoms with Crippen LogP contribution in [0.5, 0.6) is 5.75 Å². The van der Waals surface area contributed by atoms with Crippen molar-refractivity contribution in [3.63, 3.8) is 0 Å². The van der Waals surface area contributed by atoms with Gasteiger partial charge in [0.05, 0.1) is 12.2 Å². The lowest BCUT2D eigenvalue weighted by Gasteiger charge is -2.12. The molecular formula is C15H12ClFO2. The standard InChI is InChI=1S/C15H12ClFO2/c16-12-4-2-1-3-11(12)14-13(17)6-5-9-7-10(8-18)19-15(9)14/h1-6,10,18H,7-8H2/t10-/m0/s1. The van der Waals surface area contributed by atoms with Crippen molar-refractivity contribution < 1.29 is 14.2 Å². The number of ether oxygens (including phenoxy) is 1. The Bertz CT molecular complexity index is 628. The monoisotopic (exact) mass is 278 g/mol. The minimum absolute atomic E-state index is 0.0851. The zero-order valence-corrected chi connectivity index (χ0v) is 10.8. The lowest BCUT2D eigenvalue weighted by Crippen LogP contribution is -2.17. The van der Waals surface area contributed by atoms with Gasteiger partial charge in [0.1, 0.15) is 17.7 Å². The van der Waals surface area contributed by atoms with Crippen molar-refractivity contribution in [1.29, 1.82) is 0 Å². The molecule has 0 radical (unpaired) electrons. The van der Waals surface area contributed by atoms with Crippen LogP contribution in [-0.4, -0.2) is 17.8 Å². The molecule has 1 aliphatic heterocycles. The highest BCUT2D eigenvalue weighted by Crippen LogP contribution is 2.42. The van der Waals surface area contributed by atoms with Crippen LogP contribution < -0.4 is 4.74 Å². The van der Waals surface area contributed by atoms with Gasteiger partial charge in [-0.05, 0) is 17.7 Å². The van der Waals surface area contributed by atoms with Gasteiger partial charge in [0.15, 0.2) is 0 Å². The van der Waals surface area contributed by atoms with E-state index in [0.717, 1.165) is 5.56 Å². The van der Waals surface area contributed by atoms with Crippen LogP contribution in [0.3, 0.4) is 0 Å². The minimum atomic E-state index is -0.370. The zero-order valence-electron chi connectivity index (χ0n) is 10.1. The Labute approximate surface area is 115 Å². The molecule has 2 aromatic carbocycles. The number of hydrogen-bond acceptors (Lipinski definition) is 2. The first-order valence-corrected chi connectivity index (χ1v) is 6.42. The molecule has 2 nitrogen and oxygen atoms in total. The van der Waals surface area contributed by atoms with Crippen molar-refractivity contribution in [3.8, 4) is 16.9 Å². The highest BCUT2D eigenvalue weighted by molar-refractivity contribution is 6.33. The number of aliphatic hydroxyl groups excluding tert-OH is 1. The summed E-state index contributed by atoms with van der Waals surface area (Å²) in [6.07, 6.45) is 0.279. The minimum Gasteiger partial charge on any atom is -0.487 e. The van der Waals surface area contributed by atoms with Gasteiger partial charge in [-0.3, -0.25) is 0 Å².